The first-order chi connectivity index (χ1) is 7.26. The fourth-order valence-electron chi connectivity index (χ4n) is 1.99. The Bertz CT molecular complexity index is 347. The van der Waals surface area contributed by atoms with E-state index in [4.69, 9.17) is 4.74 Å². The van der Waals surface area contributed by atoms with Gasteiger partial charge in [0.2, 0.25) is 0 Å². The zero-order valence-corrected chi connectivity index (χ0v) is 9.16. The molecule has 0 spiro atoms. The third-order valence-electron chi connectivity index (χ3n) is 2.97. The first kappa shape index (κ1) is 10.3. The second-order valence-corrected chi connectivity index (χ2v) is 4.04. The van der Waals surface area contributed by atoms with E-state index in [0.717, 1.165) is 5.92 Å². The molecule has 1 unspecified atom stereocenters. The van der Waals surface area contributed by atoms with Crippen LogP contribution in [0.5, 0.6) is 11.5 Å². The maximum atomic E-state index is 9.50. The zero-order valence-electron chi connectivity index (χ0n) is 9.16. The van der Waals surface area contributed by atoms with Crippen molar-refractivity contribution < 1.29 is 9.84 Å². The highest BCUT2D eigenvalue weighted by molar-refractivity contribution is 5.43. The molecule has 0 radical (unpaired) electrons. The molecule has 1 fully saturated rings. The molecule has 0 aromatic heterocycles. The molecule has 3 heteroatoms. The van der Waals surface area contributed by atoms with Crippen LogP contribution in [0.15, 0.2) is 18.2 Å². The molecule has 3 nitrogen and oxygen atoms in total. The summed E-state index contributed by atoms with van der Waals surface area (Å²) in [6.45, 7) is 0. The van der Waals surface area contributed by atoms with Crippen LogP contribution in [0.25, 0.3) is 0 Å². The quantitative estimate of drug-likeness (QED) is 0.794. The van der Waals surface area contributed by atoms with Crippen molar-refractivity contribution in [1.29, 1.82) is 0 Å². The van der Waals surface area contributed by atoms with Crippen LogP contribution < -0.4 is 10.1 Å². The summed E-state index contributed by atoms with van der Waals surface area (Å²) < 4.78 is 5.10. The number of rotatable bonds is 4. The second-order valence-electron chi connectivity index (χ2n) is 4.04. The van der Waals surface area contributed by atoms with Crippen LogP contribution in [0.1, 0.15) is 24.4 Å². The Labute approximate surface area is 90.1 Å². The van der Waals surface area contributed by atoms with Gasteiger partial charge in [0.15, 0.2) is 11.5 Å². The molecule has 0 bridgehead atoms. The van der Waals surface area contributed by atoms with Crippen molar-refractivity contribution in [2.24, 2.45) is 5.92 Å². The molecule has 1 aliphatic carbocycles. The van der Waals surface area contributed by atoms with Gasteiger partial charge in [-0.05, 0) is 43.5 Å². The van der Waals surface area contributed by atoms with Gasteiger partial charge in [-0.2, -0.15) is 0 Å². The highest BCUT2D eigenvalue weighted by Gasteiger charge is 2.31. The number of methoxy groups -OCH3 is 1. The molecule has 0 aliphatic heterocycles. The topological polar surface area (TPSA) is 41.5 Å². The number of aromatic hydroxyl groups is 1. The molecular weight excluding hydrogens is 190 g/mol. The minimum absolute atomic E-state index is 0.201. The lowest BCUT2D eigenvalue weighted by Gasteiger charge is -2.16. The fourth-order valence-corrected chi connectivity index (χ4v) is 1.99. The third-order valence-corrected chi connectivity index (χ3v) is 2.97. The smallest absolute Gasteiger partial charge is 0.160 e. The monoisotopic (exact) mass is 207 g/mol. The SMILES string of the molecule is CNC(c1ccc(O)c(OC)c1)C1CC1. The van der Waals surface area contributed by atoms with Gasteiger partial charge in [-0.1, -0.05) is 6.07 Å². The Morgan fingerprint density at radius 1 is 1.47 bits per heavy atom. The van der Waals surface area contributed by atoms with Gasteiger partial charge in [0.1, 0.15) is 0 Å². The second kappa shape index (κ2) is 4.11. The first-order valence-electron chi connectivity index (χ1n) is 5.30. The van der Waals surface area contributed by atoms with Crippen LogP contribution in [0.2, 0.25) is 0 Å². The maximum Gasteiger partial charge on any atom is 0.160 e. The van der Waals surface area contributed by atoms with Crippen molar-refractivity contribution in [2.45, 2.75) is 18.9 Å². The van der Waals surface area contributed by atoms with Crippen molar-refractivity contribution >= 4 is 0 Å². The van der Waals surface area contributed by atoms with Gasteiger partial charge in [-0.3, -0.25) is 0 Å². The molecule has 15 heavy (non-hydrogen) atoms. The zero-order chi connectivity index (χ0) is 10.8. The summed E-state index contributed by atoms with van der Waals surface area (Å²) in [5, 5.41) is 12.8. The summed E-state index contributed by atoms with van der Waals surface area (Å²) in [5.41, 5.74) is 1.19. The number of benzene rings is 1. The Morgan fingerprint density at radius 2 is 2.20 bits per heavy atom. The Hall–Kier alpha value is -1.22. The Balaban J connectivity index is 2.26. The van der Waals surface area contributed by atoms with E-state index in [2.05, 4.69) is 5.32 Å². The lowest BCUT2D eigenvalue weighted by atomic mass is 10.0. The molecule has 2 rings (SSSR count). The number of hydrogen-bond donors (Lipinski definition) is 2. The van der Waals surface area contributed by atoms with Gasteiger partial charge in [-0.25, -0.2) is 0 Å². The van der Waals surface area contributed by atoms with Gasteiger partial charge < -0.3 is 15.2 Å². The third kappa shape index (κ3) is 2.07. The molecule has 1 aromatic rings. The molecular formula is C12H17NO2. The van der Waals surface area contributed by atoms with Crippen molar-refractivity contribution in [1.82, 2.24) is 5.32 Å². The molecule has 0 heterocycles. The van der Waals surface area contributed by atoms with Gasteiger partial charge in [0.25, 0.3) is 0 Å². The van der Waals surface area contributed by atoms with E-state index in [0.29, 0.717) is 11.8 Å². The van der Waals surface area contributed by atoms with Crippen LogP contribution >= 0.6 is 0 Å². The molecule has 1 atom stereocenters. The minimum atomic E-state index is 0.201. The fraction of sp³-hybridized carbons (Fsp3) is 0.500. The van der Waals surface area contributed by atoms with Crippen molar-refractivity contribution in [3.63, 3.8) is 0 Å². The standard InChI is InChI=1S/C12H17NO2/c1-13-12(8-3-4-8)9-5-6-10(14)11(7-9)15-2/h5-8,12-14H,3-4H2,1-2H3. The summed E-state index contributed by atoms with van der Waals surface area (Å²) in [7, 11) is 3.55. The summed E-state index contributed by atoms with van der Waals surface area (Å²) in [6, 6.07) is 5.95. The predicted octanol–water partition coefficient (Wildman–Crippen LogP) is 2.07. The van der Waals surface area contributed by atoms with Crippen LogP contribution in [-0.2, 0) is 0 Å². The summed E-state index contributed by atoms with van der Waals surface area (Å²) in [5.74, 6) is 1.49. The molecule has 82 valence electrons. The van der Waals surface area contributed by atoms with Crippen LogP contribution in [0, 0.1) is 5.92 Å². The largest absolute Gasteiger partial charge is 0.504 e. The van der Waals surface area contributed by atoms with E-state index in [1.807, 2.05) is 19.2 Å². The number of phenolic OH excluding ortho intramolecular Hbond substituents is 1. The summed E-state index contributed by atoms with van der Waals surface area (Å²) in [6.07, 6.45) is 2.57. The van der Waals surface area contributed by atoms with Crippen LogP contribution in [0.4, 0.5) is 0 Å². The van der Waals surface area contributed by atoms with E-state index >= 15 is 0 Å². The molecule has 0 amide bonds. The van der Waals surface area contributed by atoms with E-state index < -0.39 is 0 Å². The van der Waals surface area contributed by atoms with Gasteiger partial charge in [0.05, 0.1) is 7.11 Å². The van der Waals surface area contributed by atoms with Crippen LogP contribution in [-0.4, -0.2) is 19.3 Å². The highest BCUT2D eigenvalue weighted by Crippen LogP contribution is 2.42. The number of phenols is 1. The van der Waals surface area contributed by atoms with Gasteiger partial charge in [0, 0.05) is 6.04 Å². The van der Waals surface area contributed by atoms with Crippen molar-refractivity contribution in [2.75, 3.05) is 14.2 Å². The highest BCUT2D eigenvalue weighted by atomic mass is 16.5. The normalized spacial score (nSPS) is 17.5. The van der Waals surface area contributed by atoms with E-state index in [9.17, 15) is 5.11 Å². The van der Waals surface area contributed by atoms with Crippen LogP contribution in [0.3, 0.4) is 0 Å². The lowest BCUT2D eigenvalue weighted by molar-refractivity contribution is 0.371. The number of hydrogen-bond acceptors (Lipinski definition) is 3. The van der Waals surface area contributed by atoms with Gasteiger partial charge in [-0.15, -0.1) is 0 Å². The van der Waals surface area contributed by atoms with Gasteiger partial charge >= 0.3 is 0 Å². The lowest BCUT2D eigenvalue weighted by Crippen LogP contribution is -2.18. The summed E-state index contributed by atoms with van der Waals surface area (Å²) >= 11 is 0. The molecule has 0 saturated heterocycles. The van der Waals surface area contributed by atoms with Crippen molar-refractivity contribution in [3.05, 3.63) is 23.8 Å². The van der Waals surface area contributed by atoms with E-state index in [-0.39, 0.29) is 5.75 Å². The predicted molar refractivity (Wildman–Crippen MR) is 59.2 cm³/mol. The molecule has 1 aliphatic rings. The first-order valence-corrected chi connectivity index (χ1v) is 5.30. The average molecular weight is 207 g/mol. The minimum Gasteiger partial charge on any atom is -0.504 e. The Morgan fingerprint density at radius 3 is 2.73 bits per heavy atom. The maximum absolute atomic E-state index is 9.50. The van der Waals surface area contributed by atoms with E-state index in [1.165, 1.54) is 18.4 Å². The molecule has 1 aromatic carbocycles. The summed E-state index contributed by atoms with van der Waals surface area (Å²) in [4.78, 5) is 0. The van der Waals surface area contributed by atoms with E-state index in [1.54, 1.807) is 13.2 Å². The number of ether oxygens (including phenoxy) is 1. The molecule has 2 N–H and O–H groups in total. The van der Waals surface area contributed by atoms with Crippen molar-refractivity contribution in [3.8, 4) is 11.5 Å². The molecule has 1 saturated carbocycles. The number of nitrogens with one attached hydrogen (secondary N) is 1. The average Bonchev–Trinajstić information content (AvgIpc) is 3.06. The Kier molecular flexibility index (Phi) is 2.82.